The highest BCUT2D eigenvalue weighted by Gasteiger charge is 2.10. The number of benzene rings is 1. The second-order valence-electron chi connectivity index (χ2n) is 4.46. The third-order valence-corrected chi connectivity index (χ3v) is 3.15. The first-order chi connectivity index (χ1) is 10.0. The molecule has 116 valence electrons. The van der Waals surface area contributed by atoms with Crippen molar-refractivity contribution in [3.05, 3.63) is 34.6 Å². The molecule has 0 aliphatic carbocycles. The zero-order chi connectivity index (χ0) is 15.7. The van der Waals surface area contributed by atoms with Gasteiger partial charge in [0.05, 0.1) is 5.02 Å². The molecule has 7 heteroatoms. The Hall–Kier alpha value is -1.82. The van der Waals surface area contributed by atoms with Crippen molar-refractivity contribution in [2.45, 2.75) is 32.3 Å². The van der Waals surface area contributed by atoms with Gasteiger partial charge in [0.15, 0.2) is 0 Å². The highest BCUT2D eigenvalue weighted by atomic mass is 35.5. The van der Waals surface area contributed by atoms with Crippen molar-refractivity contribution in [2.75, 3.05) is 6.54 Å². The van der Waals surface area contributed by atoms with Crippen LogP contribution in [0, 0.1) is 5.82 Å². The van der Waals surface area contributed by atoms with Gasteiger partial charge in [-0.2, -0.15) is 0 Å². The van der Waals surface area contributed by atoms with Gasteiger partial charge in [-0.25, -0.2) is 9.18 Å². The van der Waals surface area contributed by atoms with Crippen molar-refractivity contribution in [3.8, 4) is 0 Å². The number of nitrogens with two attached hydrogens (primary N) is 1. The lowest BCUT2D eigenvalue weighted by Gasteiger charge is -2.07. The van der Waals surface area contributed by atoms with Crippen LogP contribution in [0.2, 0.25) is 5.02 Å². The molecule has 1 aromatic carbocycles. The number of rotatable bonds is 8. The summed E-state index contributed by atoms with van der Waals surface area (Å²) in [6.45, 7) is 0.308. The molecule has 0 aromatic heterocycles. The highest BCUT2D eigenvalue weighted by Crippen LogP contribution is 2.20. The molecule has 0 heterocycles. The van der Waals surface area contributed by atoms with Gasteiger partial charge >= 0.3 is 12.0 Å². The predicted molar refractivity (Wildman–Crippen MR) is 77.3 cm³/mol. The summed E-state index contributed by atoms with van der Waals surface area (Å²) in [5, 5.41) is 2.70. The molecule has 0 spiro atoms. The summed E-state index contributed by atoms with van der Waals surface area (Å²) in [6, 6.07) is 3.74. The normalized spacial score (nSPS) is 10.2. The van der Waals surface area contributed by atoms with Gasteiger partial charge in [-0.05, 0) is 25.0 Å². The number of nitrogens with one attached hydrogen (secondary N) is 1. The fourth-order valence-corrected chi connectivity index (χ4v) is 1.90. The number of ether oxygens (including phenoxy) is 1. The van der Waals surface area contributed by atoms with Crippen molar-refractivity contribution in [3.63, 3.8) is 0 Å². The van der Waals surface area contributed by atoms with Gasteiger partial charge in [-0.3, -0.25) is 4.79 Å². The van der Waals surface area contributed by atoms with Crippen LogP contribution in [-0.4, -0.2) is 18.5 Å². The van der Waals surface area contributed by atoms with Crippen LogP contribution in [-0.2, 0) is 16.1 Å². The molecule has 1 aromatic rings. The smallest absolute Gasteiger partial charge is 0.312 e. The summed E-state index contributed by atoms with van der Waals surface area (Å²) in [6.07, 6.45) is 2.36. The Morgan fingerprint density at radius 3 is 2.71 bits per heavy atom. The molecule has 5 nitrogen and oxygen atoms in total. The van der Waals surface area contributed by atoms with E-state index >= 15 is 0 Å². The molecule has 0 aliphatic heterocycles. The van der Waals surface area contributed by atoms with E-state index in [1.807, 2.05) is 0 Å². The summed E-state index contributed by atoms with van der Waals surface area (Å²) in [5.74, 6) is -0.898. The molecule has 0 aliphatic rings. The van der Waals surface area contributed by atoms with E-state index in [1.165, 1.54) is 12.1 Å². The Morgan fingerprint density at radius 2 is 2.05 bits per heavy atom. The number of esters is 1. The molecule has 0 bridgehead atoms. The van der Waals surface area contributed by atoms with Crippen LogP contribution in [0.5, 0.6) is 0 Å². The van der Waals surface area contributed by atoms with E-state index < -0.39 is 17.8 Å². The summed E-state index contributed by atoms with van der Waals surface area (Å²) < 4.78 is 18.4. The summed E-state index contributed by atoms with van der Waals surface area (Å²) in [7, 11) is 0. The van der Waals surface area contributed by atoms with Crippen molar-refractivity contribution < 1.29 is 18.7 Å². The molecule has 1 rings (SSSR count). The third kappa shape index (κ3) is 6.94. The molecule has 0 radical (unpaired) electrons. The van der Waals surface area contributed by atoms with Crippen molar-refractivity contribution >= 4 is 23.6 Å². The molecule has 21 heavy (non-hydrogen) atoms. The van der Waals surface area contributed by atoms with E-state index in [0.717, 1.165) is 12.8 Å². The summed E-state index contributed by atoms with van der Waals surface area (Å²) >= 11 is 5.82. The van der Waals surface area contributed by atoms with Crippen LogP contribution in [0.4, 0.5) is 9.18 Å². The van der Waals surface area contributed by atoms with E-state index in [4.69, 9.17) is 22.1 Å². The number of primary amides is 1. The quantitative estimate of drug-likeness (QED) is 0.571. The minimum atomic E-state index is -0.559. The van der Waals surface area contributed by atoms with E-state index in [2.05, 4.69) is 5.32 Å². The van der Waals surface area contributed by atoms with Gasteiger partial charge in [0, 0.05) is 18.5 Å². The number of halogens is 2. The fourth-order valence-electron chi connectivity index (χ4n) is 1.68. The largest absolute Gasteiger partial charge is 0.461 e. The summed E-state index contributed by atoms with van der Waals surface area (Å²) in [4.78, 5) is 21.9. The van der Waals surface area contributed by atoms with Gasteiger partial charge < -0.3 is 15.8 Å². The summed E-state index contributed by atoms with van der Waals surface area (Å²) in [5.41, 5.74) is 5.09. The SMILES string of the molecule is NC(=O)NCCCCCC(=O)OCc1c(F)cccc1Cl. The molecule has 0 atom stereocenters. The van der Waals surface area contributed by atoms with Crippen LogP contribution in [0.3, 0.4) is 0 Å². The molecule has 0 saturated carbocycles. The van der Waals surface area contributed by atoms with Crippen LogP contribution in [0.1, 0.15) is 31.2 Å². The number of carbonyl (C=O) groups is 2. The van der Waals surface area contributed by atoms with Crippen molar-refractivity contribution in [1.29, 1.82) is 0 Å². The Balaban J connectivity index is 2.18. The number of carbonyl (C=O) groups excluding carboxylic acids is 2. The van der Waals surface area contributed by atoms with E-state index in [0.29, 0.717) is 13.0 Å². The highest BCUT2D eigenvalue weighted by molar-refractivity contribution is 6.31. The van der Waals surface area contributed by atoms with Gasteiger partial charge in [0.25, 0.3) is 0 Å². The Bertz CT molecular complexity index is 477. The first kappa shape index (κ1) is 17.2. The van der Waals surface area contributed by atoms with Gasteiger partial charge in [-0.15, -0.1) is 0 Å². The minimum Gasteiger partial charge on any atom is -0.461 e. The average Bonchev–Trinajstić information content (AvgIpc) is 2.41. The third-order valence-electron chi connectivity index (χ3n) is 2.80. The number of urea groups is 1. The standard InChI is InChI=1S/C14H18ClFN2O3/c15-11-5-4-6-12(16)10(11)9-21-13(19)7-2-1-3-8-18-14(17)20/h4-6H,1-3,7-9H2,(H3,17,18,20). The second-order valence-corrected chi connectivity index (χ2v) is 4.87. The predicted octanol–water partition coefficient (Wildman–Crippen LogP) is 2.75. The Morgan fingerprint density at radius 1 is 1.29 bits per heavy atom. The van der Waals surface area contributed by atoms with Crippen LogP contribution in [0.25, 0.3) is 0 Å². The Kier molecular flexibility index (Phi) is 7.53. The number of unbranched alkanes of at least 4 members (excludes halogenated alkanes) is 2. The van der Waals surface area contributed by atoms with E-state index in [1.54, 1.807) is 6.07 Å². The molecule has 0 fully saturated rings. The minimum absolute atomic E-state index is 0.173. The first-order valence-electron chi connectivity index (χ1n) is 6.62. The van der Waals surface area contributed by atoms with Crippen molar-refractivity contribution in [1.82, 2.24) is 5.32 Å². The van der Waals surface area contributed by atoms with E-state index in [9.17, 15) is 14.0 Å². The second kappa shape index (κ2) is 9.18. The maximum atomic E-state index is 13.4. The van der Waals surface area contributed by atoms with Gasteiger partial charge in [0.2, 0.25) is 0 Å². The molecule has 2 amide bonds. The van der Waals surface area contributed by atoms with Gasteiger partial charge in [0.1, 0.15) is 12.4 Å². The molecular weight excluding hydrogens is 299 g/mol. The molecule has 3 N–H and O–H groups in total. The van der Waals surface area contributed by atoms with Crippen LogP contribution >= 0.6 is 11.6 Å². The fraction of sp³-hybridized carbons (Fsp3) is 0.429. The zero-order valence-corrected chi connectivity index (χ0v) is 12.3. The van der Waals surface area contributed by atoms with Gasteiger partial charge in [-0.1, -0.05) is 24.1 Å². The molecule has 0 saturated heterocycles. The number of hydrogen-bond donors (Lipinski definition) is 2. The van der Waals surface area contributed by atoms with Crippen LogP contribution < -0.4 is 11.1 Å². The van der Waals surface area contributed by atoms with E-state index in [-0.39, 0.29) is 23.6 Å². The number of hydrogen-bond acceptors (Lipinski definition) is 3. The van der Waals surface area contributed by atoms with Crippen LogP contribution in [0.15, 0.2) is 18.2 Å². The maximum absolute atomic E-state index is 13.4. The monoisotopic (exact) mass is 316 g/mol. The lowest BCUT2D eigenvalue weighted by Crippen LogP contribution is -2.29. The van der Waals surface area contributed by atoms with Crippen molar-refractivity contribution in [2.24, 2.45) is 5.73 Å². The zero-order valence-electron chi connectivity index (χ0n) is 11.5. The topological polar surface area (TPSA) is 81.4 Å². The molecular formula is C14H18ClFN2O3. The number of amides is 2. The lowest BCUT2D eigenvalue weighted by atomic mass is 10.2. The first-order valence-corrected chi connectivity index (χ1v) is 7.00. The lowest BCUT2D eigenvalue weighted by molar-refractivity contribution is -0.145. The Labute approximate surface area is 127 Å². The average molecular weight is 317 g/mol. The maximum Gasteiger partial charge on any atom is 0.312 e. The molecule has 0 unspecified atom stereocenters.